The molecule has 0 saturated carbocycles. The molecule has 0 bridgehead atoms. The minimum atomic E-state index is -0.211. The van der Waals surface area contributed by atoms with Gasteiger partial charge in [0.1, 0.15) is 5.75 Å². The van der Waals surface area contributed by atoms with Gasteiger partial charge in [0.25, 0.3) is 0 Å². The largest absolute Gasteiger partial charge is 0.494 e. The maximum absolute atomic E-state index is 12.3. The standard InChI is InChI=1S/C17H18ClNO2S/c1-3-21-15-6-4-5-14(11-15)19-17(20)12(2)22-16-9-7-13(18)8-10-16/h4-12H,3H2,1-2H3,(H,19,20)/t12-/m0/s1. The third kappa shape index (κ3) is 4.97. The third-order valence-electron chi connectivity index (χ3n) is 2.91. The van der Waals surface area contributed by atoms with Crippen LogP contribution < -0.4 is 10.1 Å². The number of halogens is 1. The molecule has 1 N–H and O–H groups in total. The molecular formula is C17H18ClNO2S. The molecule has 2 aromatic carbocycles. The molecule has 3 nitrogen and oxygen atoms in total. The first-order valence-corrected chi connectivity index (χ1v) is 8.30. The zero-order chi connectivity index (χ0) is 15.9. The van der Waals surface area contributed by atoms with E-state index in [0.29, 0.717) is 11.6 Å². The van der Waals surface area contributed by atoms with Gasteiger partial charge < -0.3 is 10.1 Å². The van der Waals surface area contributed by atoms with Crippen LogP contribution >= 0.6 is 23.4 Å². The number of amides is 1. The van der Waals surface area contributed by atoms with E-state index in [1.807, 2.05) is 62.4 Å². The molecule has 1 amide bonds. The Bertz CT molecular complexity index is 631. The highest BCUT2D eigenvalue weighted by Crippen LogP contribution is 2.26. The number of rotatable bonds is 6. The molecule has 0 unspecified atom stereocenters. The van der Waals surface area contributed by atoms with E-state index in [1.54, 1.807) is 0 Å². The SMILES string of the molecule is CCOc1cccc(NC(=O)[C@H](C)Sc2ccc(Cl)cc2)c1. The average Bonchev–Trinajstić information content (AvgIpc) is 2.50. The lowest BCUT2D eigenvalue weighted by atomic mass is 10.3. The van der Waals surface area contributed by atoms with Crippen molar-refractivity contribution in [1.82, 2.24) is 0 Å². The van der Waals surface area contributed by atoms with Crippen molar-refractivity contribution in [2.45, 2.75) is 24.0 Å². The van der Waals surface area contributed by atoms with E-state index in [4.69, 9.17) is 16.3 Å². The first-order chi connectivity index (χ1) is 10.6. The van der Waals surface area contributed by atoms with Gasteiger partial charge in [-0.25, -0.2) is 0 Å². The quantitative estimate of drug-likeness (QED) is 0.766. The Hall–Kier alpha value is -1.65. The number of anilines is 1. The van der Waals surface area contributed by atoms with Crippen molar-refractivity contribution < 1.29 is 9.53 Å². The molecule has 0 fully saturated rings. The number of hydrogen-bond acceptors (Lipinski definition) is 3. The number of benzene rings is 2. The summed E-state index contributed by atoms with van der Waals surface area (Å²) in [7, 11) is 0. The average molecular weight is 336 g/mol. The molecule has 0 saturated heterocycles. The predicted molar refractivity (Wildman–Crippen MR) is 93.0 cm³/mol. The molecule has 0 aliphatic heterocycles. The molecule has 1 atom stereocenters. The van der Waals surface area contributed by atoms with Crippen LogP contribution in [0.5, 0.6) is 5.75 Å². The second-order valence-corrected chi connectivity index (χ2v) is 6.51. The summed E-state index contributed by atoms with van der Waals surface area (Å²) in [6.45, 7) is 4.40. The van der Waals surface area contributed by atoms with Crippen LogP contribution in [0, 0.1) is 0 Å². The smallest absolute Gasteiger partial charge is 0.237 e. The Kier molecular flexibility index (Phi) is 6.16. The lowest BCUT2D eigenvalue weighted by Gasteiger charge is -2.13. The summed E-state index contributed by atoms with van der Waals surface area (Å²) in [4.78, 5) is 13.3. The monoisotopic (exact) mass is 335 g/mol. The minimum Gasteiger partial charge on any atom is -0.494 e. The van der Waals surface area contributed by atoms with Crippen LogP contribution in [0.15, 0.2) is 53.4 Å². The number of carbonyl (C=O) groups excluding carboxylic acids is 1. The summed E-state index contributed by atoms with van der Waals surface area (Å²) >= 11 is 7.35. The molecule has 0 radical (unpaired) electrons. The van der Waals surface area contributed by atoms with Gasteiger partial charge in [0.2, 0.25) is 5.91 Å². The van der Waals surface area contributed by atoms with Crippen LogP contribution in [0.3, 0.4) is 0 Å². The fourth-order valence-corrected chi connectivity index (χ4v) is 2.84. The van der Waals surface area contributed by atoms with Crippen LogP contribution in [0.4, 0.5) is 5.69 Å². The Morgan fingerprint density at radius 3 is 2.68 bits per heavy atom. The summed E-state index contributed by atoms with van der Waals surface area (Å²) in [6.07, 6.45) is 0. The van der Waals surface area contributed by atoms with Gasteiger partial charge in [-0.05, 0) is 50.2 Å². The molecular weight excluding hydrogens is 318 g/mol. The number of ether oxygens (including phenoxy) is 1. The van der Waals surface area contributed by atoms with Crippen molar-refractivity contribution in [2.24, 2.45) is 0 Å². The lowest BCUT2D eigenvalue weighted by Crippen LogP contribution is -2.22. The van der Waals surface area contributed by atoms with E-state index in [1.165, 1.54) is 11.8 Å². The van der Waals surface area contributed by atoms with Crippen molar-refractivity contribution in [2.75, 3.05) is 11.9 Å². The van der Waals surface area contributed by atoms with Crippen molar-refractivity contribution in [3.05, 3.63) is 53.6 Å². The zero-order valence-corrected chi connectivity index (χ0v) is 14.1. The van der Waals surface area contributed by atoms with Crippen LogP contribution in [0.1, 0.15) is 13.8 Å². The van der Waals surface area contributed by atoms with Crippen LogP contribution in [-0.2, 0) is 4.79 Å². The first kappa shape index (κ1) is 16.7. The first-order valence-electron chi connectivity index (χ1n) is 7.04. The normalized spacial score (nSPS) is 11.8. The van der Waals surface area contributed by atoms with E-state index in [9.17, 15) is 4.79 Å². The second-order valence-electron chi connectivity index (χ2n) is 4.66. The second kappa shape index (κ2) is 8.11. The van der Waals surface area contributed by atoms with E-state index >= 15 is 0 Å². The highest BCUT2D eigenvalue weighted by atomic mass is 35.5. The molecule has 0 aromatic heterocycles. The molecule has 5 heteroatoms. The van der Waals surface area contributed by atoms with Crippen LogP contribution in [0.2, 0.25) is 5.02 Å². The van der Waals surface area contributed by atoms with Gasteiger partial charge in [-0.1, -0.05) is 17.7 Å². The van der Waals surface area contributed by atoms with Gasteiger partial charge in [0, 0.05) is 21.7 Å². The van der Waals surface area contributed by atoms with Crippen molar-refractivity contribution in [1.29, 1.82) is 0 Å². The summed E-state index contributed by atoms with van der Waals surface area (Å²) in [5.41, 5.74) is 0.736. The highest BCUT2D eigenvalue weighted by Gasteiger charge is 2.14. The third-order valence-corrected chi connectivity index (χ3v) is 4.27. The van der Waals surface area contributed by atoms with Gasteiger partial charge in [0.05, 0.1) is 11.9 Å². The number of carbonyl (C=O) groups is 1. The number of nitrogens with one attached hydrogen (secondary N) is 1. The fourth-order valence-electron chi connectivity index (χ4n) is 1.85. The number of hydrogen-bond donors (Lipinski definition) is 1. The molecule has 0 heterocycles. The van der Waals surface area contributed by atoms with E-state index < -0.39 is 0 Å². The molecule has 116 valence electrons. The van der Waals surface area contributed by atoms with Crippen molar-refractivity contribution >= 4 is 35.0 Å². The maximum Gasteiger partial charge on any atom is 0.237 e. The lowest BCUT2D eigenvalue weighted by molar-refractivity contribution is -0.115. The summed E-state index contributed by atoms with van der Waals surface area (Å²) in [5, 5.41) is 3.38. The van der Waals surface area contributed by atoms with Gasteiger partial charge >= 0.3 is 0 Å². The van der Waals surface area contributed by atoms with Crippen LogP contribution in [-0.4, -0.2) is 17.8 Å². The van der Waals surface area contributed by atoms with E-state index in [2.05, 4.69) is 5.32 Å². The van der Waals surface area contributed by atoms with Gasteiger partial charge in [-0.2, -0.15) is 0 Å². The van der Waals surface area contributed by atoms with Gasteiger partial charge in [-0.15, -0.1) is 11.8 Å². The van der Waals surface area contributed by atoms with Crippen molar-refractivity contribution in [3.8, 4) is 5.75 Å². The van der Waals surface area contributed by atoms with E-state index in [-0.39, 0.29) is 11.2 Å². The zero-order valence-electron chi connectivity index (χ0n) is 12.5. The Labute approximate surface area is 140 Å². The van der Waals surface area contributed by atoms with Crippen molar-refractivity contribution in [3.63, 3.8) is 0 Å². The van der Waals surface area contributed by atoms with Gasteiger partial charge in [-0.3, -0.25) is 4.79 Å². The molecule has 0 aliphatic rings. The molecule has 0 spiro atoms. The topological polar surface area (TPSA) is 38.3 Å². The van der Waals surface area contributed by atoms with E-state index in [0.717, 1.165) is 16.3 Å². The Balaban J connectivity index is 1.96. The molecule has 0 aliphatic carbocycles. The van der Waals surface area contributed by atoms with Gasteiger partial charge in [0.15, 0.2) is 0 Å². The summed E-state index contributed by atoms with van der Waals surface area (Å²) < 4.78 is 5.43. The summed E-state index contributed by atoms with van der Waals surface area (Å²) in [5.74, 6) is 0.701. The Morgan fingerprint density at radius 2 is 2.00 bits per heavy atom. The fraction of sp³-hybridized carbons (Fsp3) is 0.235. The minimum absolute atomic E-state index is 0.0476. The van der Waals surface area contributed by atoms with Crippen LogP contribution in [0.25, 0.3) is 0 Å². The predicted octanol–water partition coefficient (Wildman–Crippen LogP) is 4.86. The molecule has 22 heavy (non-hydrogen) atoms. The molecule has 2 aromatic rings. The summed E-state index contributed by atoms with van der Waals surface area (Å²) in [6, 6.07) is 14.9. The Morgan fingerprint density at radius 1 is 1.27 bits per heavy atom. The maximum atomic E-state index is 12.3. The highest BCUT2D eigenvalue weighted by molar-refractivity contribution is 8.00. The number of thioether (sulfide) groups is 1. The molecule has 2 rings (SSSR count).